The van der Waals surface area contributed by atoms with Gasteiger partial charge in [-0.15, -0.1) is 0 Å². The summed E-state index contributed by atoms with van der Waals surface area (Å²) in [7, 11) is 1.49. The molecule has 0 atom stereocenters. The van der Waals surface area contributed by atoms with E-state index in [2.05, 4.69) is 10.6 Å². The molecule has 2 N–H and O–H groups in total. The normalized spacial score (nSPS) is 13.7. The Hall–Kier alpha value is -3.22. The van der Waals surface area contributed by atoms with Crippen LogP contribution in [0.4, 0.5) is 5.69 Å². The highest BCUT2D eigenvalue weighted by molar-refractivity contribution is 6.04. The minimum absolute atomic E-state index is 0.0346. The van der Waals surface area contributed by atoms with E-state index >= 15 is 0 Å². The van der Waals surface area contributed by atoms with Crippen LogP contribution in [-0.4, -0.2) is 37.7 Å². The Morgan fingerprint density at radius 2 is 1.74 bits per heavy atom. The van der Waals surface area contributed by atoms with Crippen LogP contribution in [0.1, 0.15) is 49.9 Å². The lowest BCUT2D eigenvalue weighted by Gasteiger charge is -2.14. The van der Waals surface area contributed by atoms with E-state index in [1.165, 1.54) is 20.0 Å². The number of amides is 2. The Bertz CT molecular complexity index is 889. The van der Waals surface area contributed by atoms with Crippen molar-refractivity contribution in [3.8, 4) is 17.2 Å². The molecule has 0 bridgehead atoms. The van der Waals surface area contributed by atoms with Gasteiger partial charge >= 0.3 is 0 Å². The fourth-order valence-corrected chi connectivity index (χ4v) is 3.45. The van der Waals surface area contributed by atoms with E-state index in [0.29, 0.717) is 28.9 Å². The average molecular weight is 427 g/mol. The third-order valence-corrected chi connectivity index (χ3v) is 4.95. The van der Waals surface area contributed by atoms with Crippen molar-refractivity contribution in [3.63, 3.8) is 0 Å². The van der Waals surface area contributed by atoms with Gasteiger partial charge in [0.1, 0.15) is 5.75 Å². The molecule has 2 aromatic rings. The molecule has 0 radical (unpaired) electrons. The van der Waals surface area contributed by atoms with Crippen LogP contribution in [0, 0.1) is 0 Å². The van der Waals surface area contributed by atoms with E-state index in [4.69, 9.17) is 14.2 Å². The summed E-state index contributed by atoms with van der Waals surface area (Å²) in [5.41, 5.74) is 1.09. The lowest BCUT2D eigenvalue weighted by Crippen LogP contribution is -2.34. The molecule has 31 heavy (non-hydrogen) atoms. The van der Waals surface area contributed by atoms with E-state index in [1.807, 2.05) is 38.1 Å². The van der Waals surface area contributed by atoms with Gasteiger partial charge < -0.3 is 24.8 Å². The van der Waals surface area contributed by atoms with Gasteiger partial charge in [-0.2, -0.15) is 0 Å². The summed E-state index contributed by atoms with van der Waals surface area (Å²) in [4.78, 5) is 24.4. The van der Waals surface area contributed by atoms with Gasteiger partial charge in [-0.25, -0.2) is 0 Å². The predicted molar refractivity (Wildman–Crippen MR) is 119 cm³/mol. The van der Waals surface area contributed by atoms with E-state index in [1.54, 1.807) is 18.2 Å². The number of anilines is 1. The van der Waals surface area contributed by atoms with Crippen LogP contribution in [-0.2, 0) is 4.79 Å². The maximum atomic E-state index is 12.6. The third kappa shape index (κ3) is 6.64. The standard InChI is InChI=1S/C24H30N2O5/c1-16(2)25-23(27)15-30-21-13-8-17(14-22(21)29-3)24(28)26-18-9-11-20(12-10-18)31-19-6-4-5-7-19/h8-14,16,19H,4-7,15H2,1-3H3,(H,25,27)(H,26,28). The minimum atomic E-state index is -0.271. The van der Waals surface area contributed by atoms with Crippen molar-refractivity contribution in [1.29, 1.82) is 0 Å². The SMILES string of the molecule is COc1cc(C(=O)Nc2ccc(OC3CCCC3)cc2)ccc1OCC(=O)NC(C)C. The summed E-state index contributed by atoms with van der Waals surface area (Å²) in [6.45, 7) is 3.62. The maximum absolute atomic E-state index is 12.6. The summed E-state index contributed by atoms with van der Waals surface area (Å²) in [5, 5.41) is 5.62. The smallest absolute Gasteiger partial charge is 0.258 e. The highest BCUT2D eigenvalue weighted by Gasteiger charge is 2.17. The Morgan fingerprint density at radius 3 is 2.39 bits per heavy atom. The van der Waals surface area contributed by atoms with Crippen LogP contribution < -0.4 is 24.8 Å². The van der Waals surface area contributed by atoms with Gasteiger partial charge in [-0.3, -0.25) is 9.59 Å². The van der Waals surface area contributed by atoms with Gasteiger partial charge in [-0.05, 0) is 82.0 Å². The van der Waals surface area contributed by atoms with Crippen molar-refractivity contribution in [2.75, 3.05) is 19.0 Å². The molecular formula is C24H30N2O5. The van der Waals surface area contributed by atoms with Gasteiger partial charge in [-0.1, -0.05) is 0 Å². The van der Waals surface area contributed by atoms with Gasteiger partial charge in [0.25, 0.3) is 11.8 Å². The van der Waals surface area contributed by atoms with Gasteiger partial charge in [0.2, 0.25) is 0 Å². The van der Waals surface area contributed by atoms with Crippen molar-refractivity contribution in [2.24, 2.45) is 0 Å². The Balaban J connectivity index is 1.58. The molecule has 1 fully saturated rings. The second-order valence-electron chi connectivity index (χ2n) is 7.88. The van der Waals surface area contributed by atoms with Crippen LogP contribution in [0.15, 0.2) is 42.5 Å². The molecule has 0 spiro atoms. The Morgan fingerprint density at radius 1 is 1.03 bits per heavy atom. The van der Waals surface area contributed by atoms with Crippen LogP contribution >= 0.6 is 0 Å². The topological polar surface area (TPSA) is 85.9 Å². The zero-order chi connectivity index (χ0) is 22.2. The first-order chi connectivity index (χ1) is 14.9. The van der Waals surface area contributed by atoms with E-state index < -0.39 is 0 Å². The molecule has 2 amide bonds. The molecule has 2 aromatic carbocycles. The fraction of sp³-hybridized carbons (Fsp3) is 0.417. The summed E-state index contributed by atoms with van der Waals surface area (Å²) < 4.78 is 16.8. The molecule has 1 saturated carbocycles. The summed E-state index contributed by atoms with van der Waals surface area (Å²) in [6.07, 6.45) is 4.93. The Labute approximate surface area is 183 Å². The number of nitrogens with one attached hydrogen (secondary N) is 2. The Kier molecular flexibility index (Phi) is 7.76. The van der Waals surface area contributed by atoms with Gasteiger partial charge in [0.15, 0.2) is 18.1 Å². The first kappa shape index (κ1) is 22.5. The average Bonchev–Trinajstić information content (AvgIpc) is 3.26. The second kappa shape index (κ2) is 10.7. The molecular weight excluding hydrogens is 396 g/mol. The number of ether oxygens (including phenoxy) is 3. The van der Waals surface area contributed by atoms with E-state index in [9.17, 15) is 9.59 Å². The van der Waals surface area contributed by atoms with Gasteiger partial charge in [0.05, 0.1) is 13.2 Å². The summed E-state index contributed by atoms with van der Waals surface area (Å²) >= 11 is 0. The molecule has 0 aliphatic heterocycles. The molecule has 0 unspecified atom stereocenters. The van der Waals surface area contributed by atoms with Gasteiger partial charge in [0, 0.05) is 17.3 Å². The van der Waals surface area contributed by atoms with Crippen LogP contribution in [0.25, 0.3) is 0 Å². The van der Waals surface area contributed by atoms with Crippen LogP contribution in [0.3, 0.4) is 0 Å². The van der Waals surface area contributed by atoms with Crippen molar-refractivity contribution >= 4 is 17.5 Å². The van der Waals surface area contributed by atoms with Crippen molar-refractivity contribution < 1.29 is 23.8 Å². The number of carbonyl (C=O) groups excluding carboxylic acids is 2. The van der Waals surface area contributed by atoms with E-state index in [-0.39, 0.29) is 24.5 Å². The van der Waals surface area contributed by atoms with Crippen molar-refractivity contribution in [2.45, 2.75) is 51.7 Å². The molecule has 166 valence electrons. The molecule has 7 heteroatoms. The molecule has 0 aromatic heterocycles. The first-order valence-electron chi connectivity index (χ1n) is 10.6. The van der Waals surface area contributed by atoms with Crippen LogP contribution in [0.5, 0.6) is 17.2 Å². The number of hydrogen-bond donors (Lipinski definition) is 2. The minimum Gasteiger partial charge on any atom is -0.493 e. The lowest BCUT2D eigenvalue weighted by molar-refractivity contribution is -0.123. The second-order valence-corrected chi connectivity index (χ2v) is 7.88. The number of methoxy groups -OCH3 is 1. The number of hydrogen-bond acceptors (Lipinski definition) is 5. The highest BCUT2D eigenvalue weighted by Crippen LogP contribution is 2.29. The zero-order valence-electron chi connectivity index (χ0n) is 18.3. The summed E-state index contributed by atoms with van der Waals surface area (Å²) in [6, 6.07) is 12.3. The quantitative estimate of drug-likeness (QED) is 0.628. The molecule has 0 heterocycles. The maximum Gasteiger partial charge on any atom is 0.258 e. The fourth-order valence-electron chi connectivity index (χ4n) is 3.45. The molecule has 1 aliphatic rings. The van der Waals surface area contributed by atoms with E-state index in [0.717, 1.165) is 18.6 Å². The van der Waals surface area contributed by atoms with Crippen molar-refractivity contribution in [3.05, 3.63) is 48.0 Å². The highest BCUT2D eigenvalue weighted by atomic mass is 16.5. The number of rotatable bonds is 9. The number of carbonyl (C=O) groups is 2. The third-order valence-electron chi connectivity index (χ3n) is 4.95. The summed E-state index contributed by atoms with van der Waals surface area (Å²) in [5.74, 6) is 1.09. The largest absolute Gasteiger partial charge is 0.493 e. The number of benzene rings is 2. The lowest BCUT2D eigenvalue weighted by atomic mass is 10.1. The van der Waals surface area contributed by atoms with Crippen LogP contribution in [0.2, 0.25) is 0 Å². The zero-order valence-corrected chi connectivity index (χ0v) is 18.3. The van der Waals surface area contributed by atoms with Crippen molar-refractivity contribution in [1.82, 2.24) is 5.32 Å². The monoisotopic (exact) mass is 426 g/mol. The molecule has 3 rings (SSSR count). The first-order valence-corrected chi connectivity index (χ1v) is 10.6. The molecule has 1 aliphatic carbocycles. The molecule has 0 saturated heterocycles. The molecule has 7 nitrogen and oxygen atoms in total. The predicted octanol–water partition coefficient (Wildman–Crippen LogP) is 4.17.